The summed E-state index contributed by atoms with van der Waals surface area (Å²) < 4.78 is 1.78. The van der Waals surface area contributed by atoms with Crippen molar-refractivity contribution in [2.75, 3.05) is 6.54 Å². The summed E-state index contributed by atoms with van der Waals surface area (Å²) in [5, 5.41) is 12.7. The number of benzene rings is 1. The fourth-order valence-electron chi connectivity index (χ4n) is 2.34. The maximum Gasteiger partial charge on any atom is 0.336 e. The number of fused-ring (bicyclic) bond motifs is 1. The normalized spacial score (nSPS) is 14.4. The summed E-state index contributed by atoms with van der Waals surface area (Å²) in [4.78, 5) is 23.0. The topological polar surface area (TPSA) is 71.3 Å². The van der Waals surface area contributed by atoms with E-state index in [0.29, 0.717) is 11.3 Å². The molecule has 1 aliphatic carbocycles. The van der Waals surface area contributed by atoms with Gasteiger partial charge in [-0.1, -0.05) is 6.07 Å². The lowest BCUT2D eigenvalue weighted by atomic mass is 10.1. The molecule has 104 valence electrons. The highest BCUT2D eigenvalue weighted by atomic mass is 16.4. The van der Waals surface area contributed by atoms with E-state index in [2.05, 4.69) is 5.32 Å². The maximum atomic E-state index is 11.9. The lowest BCUT2D eigenvalue weighted by molar-refractivity contribution is -0.121. The number of carboxylic acid groups (broad SMARTS) is 1. The van der Waals surface area contributed by atoms with Gasteiger partial charge < -0.3 is 15.0 Å². The summed E-state index contributed by atoms with van der Waals surface area (Å²) in [6.07, 6.45) is 4.16. The highest BCUT2D eigenvalue weighted by molar-refractivity contribution is 6.03. The minimum Gasteiger partial charge on any atom is -0.478 e. The van der Waals surface area contributed by atoms with Gasteiger partial charge in [0.25, 0.3) is 0 Å². The molecule has 1 aliphatic rings. The number of carbonyl (C=O) groups excluding carboxylic acids is 1. The highest BCUT2D eigenvalue weighted by Gasteiger charge is 2.21. The molecular formula is C15H16N2O3. The summed E-state index contributed by atoms with van der Waals surface area (Å²) in [7, 11) is 0. The number of hydrogen-bond donors (Lipinski definition) is 2. The molecule has 1 aromatic carbocycles. The van der Waals surface area contributed by atoms with E-state index in [-0.39, 0.29) is 18.0 Å². The number of carboxylic acids is 1. The van der Waals surface area contributed by atoms with Crippen molar-refractivity contribution in [1.29, 1.82) is 0 Å². The van der Waals surface area contributed by atoms with E-state index in [1.807, 2.05) is 6.07 Å². The van der Waals surface area contributed by atoms with Gasteiger partial charge in [0.2, 0.25) is 5.91 Å². The largest absolute Gasteiger partial charge is 0.478 e. The second-order valence-corrected chi connectivity index (χ2v) is 5.23. The van der Waals surface area contributed by atoms with Crippen LogP contribution in [0.2, 0.25) is 0 Å². The first-order valence-corrected chi connectivity index (χ1v) is 6.73. The predicted molar refractivity (Wildman–Crippen MR) is 74.6 cm³/mol. The smallest absolute Gasteiger partial charge is 0.336 e. The van der Waals surface area contributed by atoms with Crippen molar-refractivity contribution >= 4 is 22.8 Å². The third-order valence-corrected chi connectivity index (χ3v) is 3.64. The summed E-state index contributed by atoms with van der Waals surface area (Å²) >= 11 is 0. The monoisotopic (exact) mass is 272 g/mol. The van der Waals surface area contributed by atoms with Crippen LogP contribution in [-0.2, 0) is 11.3 Å². The van der Waals surface area contributed by atoms with Crippen LogP contribution in [0.15, 0.2) is 30.5 Å². The van der Waals surface area contributed by atoms with Gasteiger partial charge in [-0.15, -0.1) is 0 Å². The van der Waals surface area contributed by atoms with Crippen LogP contribution in [0.25, 0.3) is 10.9 Å². The average molecular weight is 272 g/mol. The standard InChI is InChI=1S/C15H16N2O3/c18-14(16-8-10-4-5-10)9-17-7-6-11-12(15(19)20)2-1-3-13(11)17/h1-3,6-7,10H,4-5,8-9H2,(H,16,18)(H,19,20). The molecular weight excluding hydrogens is 256 g/mol. The molecule has 0 spiro atoms. The number of hydrogen-bond acceptors (Lipinski definition) is 2. The number of aromatic carboxylic acids is 1. The number of amides is 1. The molecule has 1 fully saturated rings. The van der Waals surface area contributed by atoms with Gasteiger partial charge in [0.05, 0.1) is 5.56 Å². The van der Waals surface area contributed by atoms with Crippen molar-refractivity contribution in [3.05, 3.63) is 36.0 Å². The van der Waals surface area contributed by atoms with Crippen LogP contribution in [0.4, 0.5) is 0 Å². The summed E-state index contributed by atoms with van der Waals surface area (Å²) in [6, 6.07) is 6.84. The molecule has 0 bridgehead atoms. The molecule has 1 amide bonds. The molecule has 0 saturated heterocycles. The first-order valence-electron chi connectivity index (χ1n) is 6.73. The number of rotatable bonds is 5. The molecule has 0 radical (unpaired) electrons. The fraction of sp³-hybridized carbons (Fsp3) is 0.333. The molecule has 3 rings (SSSR count). The van der Waals surface area contributed by atoms with E-state index in [4.69, 9.17) is 5.11 Å². The third kappa shape index (κ3) is 2.52. The minimum atomic E-state index is -0.952. The molecule has 5 nitrogen and oxygen atoms in total. The predicted octanol–water partition coefficient (Wildman–Crippen LogP) is 1.87. The van der Waals surface area contributed by atoms with Crippen molar-refractivity contribution in [1.82, 2.24) is 9.88 Å². The van der Waals surface area contributed by atoms with Crippen molar-refractivity contribution in [2.45, 2.75) is 19.4 Å². The molecule has 1 heterocycles. The molecule has 2 N–H and O–H groups in total. The summed E-state index contributed by atoms with van der Waals surface area (Å²) in [6.45, 7) is 0.970. The lowest BCUT2D eigenvalue weighted by Crippen LogP contribution is -2.29. The zero-order chi connectivity index (χ0) is 14.1. The van der Waals surface area contributed by atoms with E-state index < -0.39 is 5.97 Å². The Morgan fingerprint density at radius 3 is 2.80 bits per heavy atom. The third-order valence-electron chi connectivity index (χ3n) is 3.64. The summed E-state index contributed by atoms with van der Waals surface area (Å²) in [5.74, 6) is -0.333. The minimum absolute atomic E-state index is 0.0323. The first-order chi connectivity index (χ1) is 9.65. The van der Waals surface area contributed by atoms with Crippen LogP contribution in [0.5, 0.6) is 0 Å². The van der Waals surface area contributed by atoms with Crippen molar-refractivity contribution in [2.24, 2.45) is 5.92 Å². The van der Waals surface area contributed by atoms with Gasteiger partial charge in [-0.05, 0) is 37.0 Å². The molecule has 0 aliphatic heterocycles. The van der Waals surface area contributed by atoms with Gasteiger partial charge in [-0.25, -0.2) is 4.79 Å². The number of aromatic nitrogens is 1. The van der Waals surface area contributed by atoms with E-state index in [9.17, 15) is 9.59 Å². The van der Waals surface area contributed by atoms with Crippen LogP contribution in [0, 0.1) is 5.92 Å². The SMILES string of the molecule is O=C(Cn1ccc2c(C(=O)O)cccc21)NCC1CC1. The molecule has 5 heteroatoms. The van der Waals surface area contributed by atoms with E-state index in [1.165, 1.54) is 12.8 Å². The van der Waals surface area contributed by atoms with E-state index in [0.717, 1.165) is 12.1 Å². The Balaban J connectivity index is 1.79. The van der Waals surface area contributed by atoms with Crippen molar-refractivity contribution in [3.63, 3.8) is 0 Å². The Hall–Kier alpha value is -2.30. The molecule has 1 aromatic heterocycles. The van der Waals surface area contributed by atoms with Gasteiger partial charge in [0.15, 0.2) is 0 Å². The van der Waals surface area contributed by atoms with Crippen molar-refractivity contribution < 1.29 is 14.7 Å². The molecule has 0 atom stereocenters. The van der Waals surface area contributed by atoms with Crippen LogP contribution < -0.4 is 5.32 Å². The Labute approximate surface area is 116 Å². The second-order valence-electron chi connectivity index (χ2n) is 5.23. The van der Waals surface area contributed by atoms with Gasteiger partial charge in [0, 0.05) is 23.6 Å². The zero-order valence-corrected chi connectivity index (χ0v) is 11.0. The quantitative estimate of drug-likeness (QED) is 0.872. The Bertz CT molecular complexity index is 671. The molecule has 20 heavy (non-hydrogen) atoms. The van der Waals surface area contributed by atoms with E-state index in [1.54, 1.807) is 29.0 Å². The number of nitrogens with zero attached hydrogens (tertiary/aromatic N) is 1. The van der Waals surface area contributed by atoms with Crippen LogP contribution in [0.1, 0.15) is 23.2 Å². The molecule has 2 aromatic rings. The zero-order valence-electron chi connectivity index (χ0n) is 11.0. The lowest BCUT2D eigenvalue weighted by Gasteiger charge is -2.07. The highest BCUT2D eigenvalue weighted by Crippen LogP contribution is 2.27. The van der Waals surface area contributed by atoms with Crippen LogP contribution in [0.3, 0.4) is 0 Å². The van der Waals surface area contributed by atoms with Crippen LogP contribution >= 0.6 is 0 Å². The Morgan fingerprint density at radius 1 is 1.30 bits per heavy atom. The Kier molecular flexibility index (Phi) is 3.18. The molecule has 1 saturated carbocycles. The van der Waals surface area contributed by atoms with Crippen molar-refractivity contribution in [3.8, 4) is 0 Å². The van der Waals surface area contributed by atoms with Gasteiger partial charge in [0.1, 0.15) is 6.54 Å². The van der Waals surface area contributed by atoms with Gasteiger partial charge >= 0.3 is 5.97 Å². The van der Waals surface area contributed by atoms with Gasteiger partial charge in [-0.2, -0.15) is 0 Å². The summed E-state index contributed by atoms with van der Waals surface area (Å²) in [5.41, 5.74) is 1.03. The van der Waals surface area contributed by atoms with Crippen LogP contribution in [-0.4, -0.2) is 28.1 Å². The molecule has 0 unspecified atom stereocenters. The second kappa shape index (κ2) is 5.00. The Morgan fingerprint density at radius 2 is 2.10 bits per heavy atom. The number of nitrogens with one attached hydrogen (secondary N) is 1. The average Bonchev–Trinajstić information content (AvgIpc) is 3.18. The van der Waals surface area contributed by atoms with E-state index >= 15 is 0 Å². The van der Waals surface area contributed by atoms with Gasteiger partial charge in [-0.3, -0.25) is 4.79 Å². The number of carbonyl (C=O) groups is 2. The maximum absolute atomic E-state index is 11.9. The first kappa shape index (κ1) is 12.7. The fourth-order valence-corrected chi connectivity index (χ4v) is 2.34.